The largest absolute Gasteiger partial charge is 0.462 e. The van der Waals surface area contributed by atoms with Crippen molar-refractivity contribution < 1.29 is 57.2 Å². The summed E-state index contributed by atoms with van der Waals surface area (Å²) in [4.78, 5) is 71.8. The van der Waals surface area contributed by atoms with E-state index in [-0.39, 0.29) is 61.9 Å². The smallest absolute Gasteiger partial charge is 0.333 e. The van der Waals surface area contributed by atoms with E-state index in [1.807, 2.05) is 0 Å². The summed E-state index contributed by atoms with van der Waals surface area (Å²) in [7, 11) is 0. The first-order chi connectivity index (χ1) is 19.3. The average Bonchev–Trinajstić information content (AvgIpc) is 2.92. The quantitative estimate of drug-likeness (QED) is 0.130. The van der Waals surface area contributed by atoms with Gasteiger partial charge < -0.3 is 28.4 Å². The van der Waals surface area contributed by atoms with Gasteiger partial charge in [0.15, 0.2) is 0 Å². The van der Waals surface area contributed by atoms with Crippen molar-refractivity contribution in [3.05, 3.63) is 60.8 Å². The zero-order valence-electron chi connectivity index (χ0n) is 25.1. The molecule has 0 rings (SSSR count). The van der Waals surface area contributed by atoms with Crippen LogP contribution < -0.4 is 0 Å². The van der Waals surface area contributed by atoms with E-state index in [0.29, 0.717) is 0 Å². The third-order valence-electron chi connectivity index (χ3n) is 5.08. The second-order valence-corrected chi connectivity index (χ2v) is 10.6. The molecule has 0 radical (unpaired) electrons. The van der Waals surface area contributed by atoms with Crippen LogP contribution in [0.25, 0.3) is 0 Å². The molecular formula is C30H40O12. The van der Waals surface area contributed by atoms with E-state index in [4.69, 9.17) is 28.4 Å². The lowest BCUT2D eigenvalue weighted by atomic mass is 9.94. The van der Waals surface area contributed by atoms with Gasteiger partial charge in [0.25, 0.3) is 0 Å². The van der Waals surface area contributed by atoms with Gasteiger partial charge in [0.2, 0.25) is 0 Å². The molecule has 42 heavy (non-hydrogen) atoms. The lowest BCUT2D eigenvalue weighted by Gasteiger charge is -2.28. The van der Waals surface area contributed by atoms with Gasteiger partial charge in [-0.3, -0.25) is 0 Å². The second kappa shape index (κ2) is 17.4. The van der Waals surface area contributed by atoms with Crippen LogP contribution in [-0.2, 0) is 57.2 Å². The molecule has 12 nitrogen and oxygen atoms in total. The van der Waals surface area contributed by atoms with Crippen LogP contribution >= 0.6 is 0 Å². The van der Waals surface area contributed by atoms with Crippen molar-refractivity contribution >= 4 is 35.8 Å². The molecule has 232 valence electrons. The first-order valence-electron chi connectivity index (χ1n) is 12.6. The molecule has 12 heteroatoms. The molecule has 0 N–H and O–H groups in total. The topological polar surface area (TPSA) is 158 Å². The molecule has 0 spiro atoms. The number of ether oxygens (including phenoxy) is 6. The predicted octanol–water partition coefficient (Wildman–Crippen LogP) is 3.12. The molecule has 0 aliphatic heterocycles. The Bertz CT molecular complexity index is 993. The lowest BCUT2D eigenvalue weighted by Crippen LogP contribution is -2.37. The molecule has 0 aromatic heterocycles. The van der Waals surface area contributed by atoms with E-state index < -0.39 is 46.6 Å². The average molecular weight is 593 g/mol. The van der Waals surface area contributed by atoms with Crippen molar-refractivity contribution in [1.29, 1.82) is 0 Å². The van der Waals surface area contributed by atoms with Gasteiger partial charge in [-0.2, -0.15) is 0 Å². The Morgan fingerprint density at radius 1 is 0.452 bits per heavy atom. The van der Waals surface area contributed by atoms with Gasteiger partial charge in [-0.05, 0) is 41.5 Å². The monoisotopic (exact) mass is 592 g/mol. The highest BCUT2D eigenvalue weighted by atomic mass is 16.6. The van der Waals surface area contributed by atoms with Crippen molar-refractivity contribution in [3.8, 4) is 0 Å². The van der Waals surface area contributed by atoms with Crippen LogP contribution in [0, 0.1) is 10.8 Å². The van der Waals surface area contributed by atoms with Gasteiger partial charge in [0.1, 0.15) is 39.6 Å². The fraction of sp³-hybridized carbons (Fsp3) is 0.467. The van der Waals surface area contributed by atoms with Crippen molar-refractivity contribution in [2.24, 2.45) is 10.8 Å². The zero-order chi connectivity index (χ0) is 32.7. The fourth-order valence-corrected chi connectivity index (χ4v) is 2.42. The van der Waals surface area contributed by atoms with Crippen molar-refractivity contribution in [1.82, 2.24) is 0 Å². The van der Waals surface area contributed by atoms with Crippen molar-refractivity contribution in [2.45, 2.75) is 41.5 Å². The van der Waals surface area contributed by atoms with Crippen molar-refractivity contribution in [2.75, 3.05) is 39.6 Å². The Hall–Kier alpha value is -4.48. The Morgan fingerprint density at radius 3 is 0.833 bits per heavy atom. The number of carbonyl (C=O) groups is 6. The van der Waals surface area contributed by atoms with Crippen molar-refractivity contribution in [3.63, 3.8) is 0 Å². The van der Waals surface area contributed by atoms with E-state index in [9.17, 15) is 28.8 Å². The van der Waals surface area contributed by atoms with Gasteiger partial charge >= 0.3 is 35.8 Å². The van der Waals surface area contributed by atoms with Crippen LogP contribution in [0.1, 0.15) is 41.5 Å². The van der Waals surface area contributed by atoms with Crippen LogP contribution in [0.5, 0.6) is 0 Å². The molecule has 0 aromatic rings. The standard InChI is InChI=1S/C30H40O12/c1-19(2)25(33)39-15-29(9,16-40-26(34)20(3)4)13-37-23(31)11-12-24(32)38-14-30(10,17-41-27(35)21(5)6)18-42-28(36)22(7)8/h11-12H,1,3,5,7,13-18H2,2,4,6,8-10H3/b12-11-. The van der Waals surface area contributed by atoms with Crippen LogP contribution in [0.4, 0.5) is 0 Å². The van der Waals surface area contributed by atoms with E-state index in [2.05, 4.69) is 26.3 Å². The van der Waals surface area contributed by atoms with Gasteiger partial charge in [-0.15, -0.1) is 0 Å². The molecule has 0 aliphatic carbocycles. The summed E-state index contributed by atoms with van der Waals surface area (Å²) in [5.74, 6) is -4.61. The zero-order valence-corrected chi connectivity index (χ0v) is 25.1. The molecule has 0 amide bonds. The molecule has 0 aliphatic rings. The maximum Gasteiger partial charge on any atom is 0.333 e. The van der Waals surface area contributed by atoms with Gasteiger partial charge in [0, 0.05) is 34.4 Å². The molecule has 0 fully saturated rings. The molecule has 0 heterocycles. The van der Waals surface area contributed by atoms with Gasteiger partial charge in [0.05, 0.1) is 10.8 Å². The predicted molar refractivity (Wildman–Crippen MR) is 150 cm³/mol. The Balaban J connectivity index is 5.26. The Labute approximate surface area is 246 Å². The third kappa shape index (κ3) is 15.3. The second-order valence-electron chi connectivity index (χ2n) is 10.6. The molecule has 0 atom stereocenters. The third-order valence-corrected chi connectivity index (χ3v) is 5.08. The van der Waals surface area contributed by atoms with Crippen LogP contribution in [0.3, 0.4) is 0 Å². The molecule has 0 aromatic carbocycles. The fourth-order valence-electron chi connectivity index (χ4n) is 2.42. The van der Waals surface area contributed by atoms with Crippen LogP contribution in [0.15, 0.2) is 60.8 Å². The first-order valence-corrected chi connectivity index (χ1v) is 12.6. The van der Waals surface area contributed by atoms with Crippen LogP contribution in [-0.4, -0.2) is 75.5 Å². The first kappa shape index (κ1) is 37.5. The minimum Gasteiger partial charge on any atom is -0.462 e. The van der Waals surface area contributed by atoms with Gasteiger partial charge in [-0.25, -0.2) is 28.8 Å². The normalized spacial score (nSPS) is 11.1. The highest BCUT2D eigenvalue weighted by molar-refractivity contribution is 5.92. The maximum atomic E-state index is 12.3. The van der Waals surface area contributed by atoms with Gasteiger partial charge in [-0.1, -0.05) is 26.3 Å². The highest BCUT2D eigenvalue weighted by Crippen LogP contribution is 2.21. The summed E-state index contributed by atoms with van der Waals surface area (Å²) in [6, 6.07) is 0. The SMILES string of the molecule is C=C(C)C(=O)OCC(C)(COC(=O)/C=C\C(=O)OCC(C)(COC(=O)C(=C)C)COC(=O)C(=C)C)COC(=O)C(=C)C. The highest BCUT2D eigenvalue weighted by Gasteiger charge is 2.32. The number of carbonyl (C=O) groups excluding carboxylic acids is 6. The number of hydrogen-bond acceptors (Lipinski definition) is 12. The summed E-state index contributed by atoms with van der Waals surface area (Å²) < 4.78 is 30.9. The summed E-state index contributed by atoms with van der Waals surface area (Å²) in [5.41, 5.74) is -1.68. The summed E-state index contributed by atoms with van der Waals surface area (Å²) >= 11 is 0. The summed E-state index contributed by atoms with van der Waals surface area (Å²) in [5, 5.41) is 0. The summed E-state index contributed by atoms with van der Waals surface area (Å²) in [6.07, 6.45) is 1.62. The number of esters is 6. The summed E-state index contributed by atoms with van der Waals surface area (Å²) in [6.45, 7) is 21.1. The van der Waals surface area contributed by atoms with E-state index in [1.165, 1.54) is 27.7 Å². The minimum atomic E-state index is -1.13. The Kier molecular flexibility index (Phi) is 15.5. The maximum absolute atomic E-state index is 12.3. The number of hydrogen-bond donors (Lipinski definition) is 0. The van der Waals surface area contributed by atoms with E-state index >= 15 is 0 Å². The minimum absolute atomic E-state index is 0.147. The molecule has 0 saturated heterocycles. The number of rotatable bonds is 18. The van der Waals surface area contributed by atoms with Crippen LogP contribution in [0.2, 0.25) is 0 Å². The lowest BCUT2D eigenvalue weighted by molar-refractivity contribution is -0.158. The molecular weight excluding hydrogens is 552 g/mol. The van der Waals surface area contributed by atoms with E-state index in [1.54, 1.807) is 13.8 Å². The Morgan fingerprint density at radius 2 is 0.643 bits per heavy atom. The molecule has 0 saturated carbocycles. The van der Waals surface area contributed by atoms with E-state index in [0.717, 1.165) is 12.2 Å². The molecule has 0 unspecified atom stereocenters. The molecule has 0 bridgehead atoms.